The first-order valence-electron chi connectivity index (χ1n) is 6.07. The van der Waals surface area contributed by atoms with Crippen molar-refractivity contribution in [2.24, 2.45) is 0 Å². The molecule has 1 atom stereocenters. The third-order valence-corrected chi connectivity index (χ3v) is 2.68. The third kappa shape index (κ3) is 6.13. The Balaban J connectivity index is 2.40. The highest BCUT2D eigenvalue weighted by molar-refractivity contribution is 6.32. The fourth-order valence-electron chi connectivity index (χ4n) is 1.33. The highest BCUT2D eigenvalue weighted by atomic mass is 35.5. The smallest absolute Gasteiger partial charge is 0.322 e. The number of rotatable bonds is 7. The summed E-state index contributed by atoms with van der Waals surface area (Å²) >= 11 is 5.89. The Morgan fingerprint density at radius 2 is 1.90 bits per heavy atom. The van der Waals surface area contributed by atoms with Crippen molar-refractivity contribution in [1.29, 1.82) is 0 Å². The van der Waals surface area contributed by atoms with Gasteiger partial charge in [0, 0.05) is 0 Å². The van der Waals surface area contributed by atoms with E-state index in [4.69, 9.17) is 21.4 Å². The Bertz CT molecular complexity index is 535. The molecule has 1 aromatic carbocycles. The Kier molecular flexibility index (Phi) is 6.48. The lowest BCUT2D eigenvalue weighted by atomic mass is 10.3. The van der Waals surface area contributed by atoms with Gasteiger partial charge >= 0.3 is 5.97 Å². The maximum Gasteiger partial charge on any atom is 0.322 e. The molecule has 8 heteroatoms. The molecule has 0 spiro atoms. The lowest BCUT2D eigenvalue weighted by Crippen LogP contribution is -2.43. The Labute approximate surface area is 126 Å². The number of benzene rings is 1. The van der Waals surface area contributed by atoms with Crippen molar-refractivity contribution >= 4 is 29.4 Å². The number of carbonyl (C=O) groups excluding carboxylic acids is 2. The summed E-state index contributed by atoms with van der Waals surface area (Å²) in [5.41, 5.74) is 0. The molecular formula is C13H15ClN2O5. The molecule has 0 aromatic heterocycles. The van der Waals surface area contributed by atoms with Crippen molar-refractivity contribution < 1.29 is 24.2 Å². The van der Waals surface area contributed by atoms with E-state index >= 15 is 0 Å². The minimum atomic E-state index is -1.16. The second-order valence-corrected chi connectivity index (χ2v) is 4.49. The molecule has 0 fully saturated rings. The minimum absolute atomic E-state index is 0.331. The summed E-state index contributed by atoms with van der Waals surface area (Å²) in [6, 6.07) is 6.68. The van der Waals surface area contributed by atoms with E-state index < -0.39 is 30.4 Å². The predicted octanol–water partition coefficient (Wildman–Crippen LogP) is 0.424. The molecule has 0 heterocycles. The van der Waals surface area contributed by atoms with Gasteiger partial charge in [-0.3, -0.25) is 14.4 Å². The fraction of sp³-hybridized carbons (Fsp3) is 0.308. The van der Waals surface area contributed by atoms with E-state index in [2.05, 4.69) is 10.6 Å². The normalized spacial score (nSPS) is 11.3. The first-order chi connectivity index (χ1) is 9.90. The number of hydrogen-bond donors (Lipinski definition) is 3. The first kappa shape index (κ1) is 16.8. The third-order valence-electron chi connectivity index (χ3n) is 2.37. The lowest BCUT2D eigenvalue weighted by Gasteiger charge is -2.15. The van der Waals surface area contributed by atoms with Crippen molar-refractivity contribution in [1.82, 2.24) is 10.6 Å². The van der Waals surface area contributed by atoms with Crippen LogP contribution in [0.1, 0.15) is 6.92 Å². The second kappa shape index (κ2) is 8.11. The van der Waals surface area contributed by atoms with E-state index in [1.54, 1.807) is 24.3 Å². The summed E-state index contributed by atoms with van der Waals surface area (Å²) in [5, 5.41) is 13.2. The number of hydrogen-bond acceptors (Lipinski definition) is 4. The zero-order valence-corrected chi connectivity index (χ0v) is 12.0. The van der Waals surface area contributed by atoms with Gasteiger partial charge in [-0.2, -0.15) is 0 Å². The molecule has 3 N–H and O–H groups in total. The SMILES string of the molecule is CC(Oc1ccccc1Cl)C(=O)NCC(=O)NCC(=O)O. The van der Waals surface area contributed by atoms with Gasteiger partial charge in [0.15, 0.2) is 6.10 Å². The van der Waals surface area contributed by atoms with Crippen LogP contribution in [0.15, 0.2) is 24.3 Å². The van der Waals surface area contributed by atoms with Crippen molar-refractivity contribution in [3.05, 3.63) is 29.3 Å². The summed E-state index contributed by atoms with van der Waals surface area (Å²) in [4.78, 5) is 33.2. The van der Waals surface area contributed by atoms with Gasteiger partial charge in [0.1, 0.15) is 12.3 Å². The quantitative estimate of drug-likeness (QED) is 0.676. The highest BCUT2D eigenvalue weighted by Gasteiger charge is 2.16. The summed E-state index contributed by atoms with van der Waals surface area (Å²) < 4.78 is 5.37. The van der Waals surface area contributed by atoms with Gasteiger partial charge in [0.05, 0.1) is 11.6 Å². The minimum Gasteiger partial charge on any atom is -0.480 e. The average molecular weight is 315 g/mol. The lowest BCUT2D eigenvalue weighted by molar-refractivity contribution is -0.137. The maximum absolute atomic E-state index is 11.7. The molecule has 1 rings (SSSR count). The van der Waals surface area contributed by atoms with E-state index in [0.717, 1.165) is 0 Å². The van der Waals surface area contributed by atoms with Crippen LogP contribution in [0.5, 0.6) is 5.75 Å². The number of carbonyl (C=O) groups is 3. The van der Waals surface area contributed by atoms with E-state index in [0.29, 0.717) is 10.8 Å². The standard InChI is InChI=1S/C13H15ClN2O5/c1-8(21-10-5-3-2-4-9(10)14)13(20)16-6-11(17)15-7-12(18)19/h2-5,8H,6-7H2,1H3,(H,15,17)(H,16,20)(H,18,19). The van der Waals surface area contributed by atoms with Crippen LogP contribution < -0.4 is 15.4 Å². The molecule has 0 bridgehead atoms. The van der Waals surface area contributed by atoms with Crippen LogP contribution in [0.4, 0.5) is 0 Å². The van der Waals surface area contributed by atoms with Gasteiger partial charge < -0.3 is 20.5 Å². The predicted molar refractivity (Wildman–Crippen MR) is 75.2 cm³/mol. The largest absolute Gasteiger partial charge is 0.480 e. The zero-order chi connectivity index (χ0) is 15.8. The molecule has 0 saturated carbocycles. The van der Waals surface area contributed by atoms with Crippen LogP contribution in [0.25, 0.3) is 0 Å². The van der Waals surface area contributed by atoms with Gasteiger partial charge in [0.25, 0.3) is 5.91 Å². The van der Waals surface area contributed by atoms with Gasteiger partial charge in [0.2, 0.25) is 5.91 Å². The van der Waals surface area contributed by atoms with Gasteiger partial charge in [-0.05, 0) is 19.1 Å². The molecule has 7 nitrogen and oxygen atoms in total. The summed E-state index contributed by atoms with van der Waals surface area (Å²) in [6.45, 7) is 0.677. The Hall–Kier alpha value is -2.28. The number of aliphatic carboxylic acids is 1. The van der Waals surface area contributed by atoms with Crippen molar-refractivity contribution in [3.8, 4) is 5.75 Å². The number of carboxylic acids is 1. The number of halogens is 1. The maximum atomic E-state index is 11.7. The second-order valence-electron chi connectivity index (χ2n) is 4.08. The van der Waals surface area contributed by atoms with E-state index in [9.17, 15) is 14.4 Å². The number of amides is 2. The Morgan fingerprint density at radius 1 is 1.24 bits per heavy atom. The van der Waals surface area contributed by atoms with Gasteiger partial charge in [-0.1, -0.05) is 23.7 Å². The molecule has 0 aliphatic rings. The molecule has 0 aliphatic heterocycles. The number of ether oxygens (including phenoxy) is 1. The number of nitrogens with one attached hydrogen (secondary N) is 2. The van der Waals surface area contributed by atoms with Crippen LogP contribution >= 0.6 is 11.6 Å². The zero-order valence-electron chi connectivity index (χ0n) is 11.3. The average Bonchev–Trinajstić information content (AvgIpc) is 2.44. The molecular weight excluding hydrogens is 300 g/mol. The number of para-hydroxylation sites is 1. The molecule has 21 heavy (non-hydrogen) atoms. The molecule has 1 unspecified atom stereocenters. The molecule has 0 radical (unpaired) electrons. The van der Waals surface area contributed by atoms with Crippen molar-refractivity contribution in [3.63, 3.8) is 0 Å². The van der Waals surface area contributed by atoms with Crippen molar-refractivity contribution in [2.75, 3.05) is 13.1 Å². The van der Waals surface area contributed by atoms with Crippen LogP contribution in [-0.4, -0.2) is 42.1 Å². The summed E-state index contributed by atoms with van der Waals surface area (Å²) in [5.74, 6) is -1.92. The summed E-state index contributed by atoms with van der Waals surface area (Å²) in [7, 11) is 0. The highest BCUT2D eigenvalue weighted by Crippen LogP contribution is 2.24. The summed E-state index contributed by atoms with van der Waals surface area (Å²) in [6.07, 6.45) is -0.850. The van der Waals surface area contributed by atoms with Crippen molar-refractivity contribution in [2.45, 2.75) is 13.0 Å². The van der Waals surface area contributed by atoms with Crippen LogP contribution in [0.2, 0.25) is 5.02 Å². The topological polar surface area (TPSA) is 105 Å². The van der Waals surface area contributed by atoms with Crippen LogP contribution in [-0.2, 0) is 14.4 Å². The van der Waals surface area contributed by atoms with E-state index in [1.807, 2.05) is 0 Å². The molecule has 2 amide bonds. The molecule has 114 valence electrons. The molecule has 0 aliphatic carbocycles. The number of carboxylic acid groups (broad SMARTS) is 1. The Morgan fingerprint density at radius 3 is 2.52 bits per heavy atom. The molecule has 1 aromatic rings. The van der Waals surface area contributed by atoms with Gasteiger partial charge in [-0.25, -0.2) is 0 Å². The molecule has 0 saturated heterocycles. The van der Waals surface area contributed by atoms with E-state index in [1.165, 1.54) is 6.92 Å². The van der Waals surface area contributed by atoms with Crippen LogP contribution in [0.3, 0.4) is 0 Å². The first-order valence-corrected chi connectivity index (χ1v) is 6.45. The monoisotopic (exact) mass is 314 g/mol. The fourth-order valence-corrected chi connectivity index (χ4v) is 1.51. The van der Waals surface area contributed by atoms with Gasteiger partial charge in [-0.15, -0.1) is 0 Å². The van der Waals surface area contributed by atoms with E-state index in [-0.39, 0.29) is 6.54 Å². The van der Waals surface area contributed by atoms with Crippen LogP contribution in [0, 0.1) is 0 Å².